The molecule has 0 aliphatic carbocycles. The molecule has 0 aliphatic heterocycles. The third-order valence-electron chi connectivity index (χ3n) is 4.10. The highest BCUT2D eigenvalue weighted by molar-refractivity contribution is 7.09. The fourth-order valence-corrected chi connectivity index (χ4v) is 3.32. The molecular formula is C20H28N2O2S. The molecule has 0 atom stereocenters. The molecule has 0 saturated heterocycles. The number of benzene rings is 1. The monoisotopic (exact) mass is 360 g/mol. The van der Waals surface area contributed by atoms with E-state index in [-0.39, 0.29) is 5.91 Å². The third-order valence-corrected chi connectivity index (χ3v) is 4.97. The largest absolute Gasteiger partial charge is 0.486 e. The van der Waals surface area contributed by atoms with E-state index < -0.39 is 0 Å². The van der Waals surface area contributed by atoms with Gasteiger partial charge < -0.3 is 9.64 Å². The summed E-state index contributed by atoms with van der Waals surface area (Å²) in [5.41, 5.74) is 3.32. The molecule has 0 radical (unpaired) electrons. The van der Waals surface area contributed by atoms with Gasteiger partial charge in [-0.1, -0.05) is 32.9 Å². The first kappa shape index (κ1) is 19.4. The van der Waals surface area contributed by atoms with Gasteiger partial charge in [0.2, 0.25) is 5.91 Å². The van der Waals surface area contributed by atoms with E-state index in [0.29, 0.717) is 25.5 Å². The van der Waals surface area contributed by atoms with Crippen LogP contribution in [0.4, 0.5) is 0 Å². The number of thiazole rings is 1. The standard InChI is InChI=1S/C20H28N2O2S/c1-6-20(23)22(10-14(2)3)11-17-13-25-19(21-17)12-24-18-9-7-8-15(4)16(18)5/h7-9,13-14H,6,10-12H2,1-5H3. The Balaban J connectivity index is 1.99. The van der Waals surface area contributed by atoms with E-state index >= 15 is 0 Å². The highest BCUT2D eigenvalue weighted by Gasteiger charge is 2.15. The molecule has 1 amide bonds. The van der Waals surface area contributed by atoms with Gasteiger partial charge >= 0.3 is 0 Å². The quantitative estimate of drug-likeness (QED) is 0.683. The Morgan fingerprint density at radius 1 is 1.32 bits per heavy atom. The molecule has 4 nitrogen and oxygen atoms in total. The van der Waals surface area contributed by atoms with Crippen LogP contribution >= 0.6 is 11.3 Å². The second-order valence-corrected chi connectivity index (χ2v) is 7.68. The van der Waals surface area contributed by atoms with E-state index in [4.69, 9.17) is 4.74 Å². The number of nitrogens with zero attached hydrogens (tertiary/aromatic N) is 2. The molecule has 0 spiro atoms. The van der Waals surface area contributed by atoms with Crippen LogP contribution in [0.2, 0.25) is 0 Å². The molecule has 1 aromatic heterocycles. The number of carbonyl (C=O) groups is 1. The molecule has 0 bridgehead atoms. The number of aryl methyl sites for hydroxylation is 1. The smallest absolute Gasteiger partial charge is 0.222 e. The van der Waals surface area contributed by atoms with Gasteiger partial charge in [0, 0.05) is 18.3 Å². The van der Waals surface area contributed by atoms with Gasteiger partial charge in [-0.15, -0.1) is 11.3 Å². The summed E-state index contributed by atoms with van der Waals surface area (Å²) in [5, 5.41) is 2.96. The normalized spacial score (nSPS) is 11.0. The van der Waals surface area contributed by atoms with Gasteiger partial charge in [0.25, 0.3) is 0 Å². The van der Waals surface area contributed by atoms with Crippen LogP contribution in [-0.2, 0) is 17.9 Å². The minimum atomic E-state index is 0.176. The summed E-state index contributed by atoms with van der Waals surface area (Å²) in [4.78, 5) is 18.7. The summed E-state index contributed by atoms with van der Waals surface area (Å²) < 4.78 is 5.92. The van der Waals surface area contributed by atoms with Gasteiger partial charge in [0.05, 0.1) is 12.2 Å². The van der Waals surface area contributed by atoms with Crippen molar-refractivity contribution in [3.63, 3.8) is 0 Å². The Morgan fingerprint density at radius 3 is 2.76 bits per heavy atom. The van der Waals surface area contributed by atoms with E-state index in [1.54, 1.807) is 11.3 Å². The third kappa shape index (κ3) is 5.56. The molecule has 1 aromatic carbocycles. The zero-order valence-corrected chi connectivity index (χ0v) is 16.7. The van der Waals surface area contributed by atoms with Gasteiger partial charge in [-0.2, -0.15) is 0 Å². The predicted octanol–water partition coefficient (Wildman–Crippen LogP) is 4.73. The molecule has 5 heteroatoms. The molecule has 25 heavy (non-hydrogen) atoms. The maximum absolute atomic E-state index is 12.1. The minimum absolute atomic E-state index is 0.176. The first-order valence-corrected chi connectivity index (χ1v) is 9.68. The van der Waals surface area contributed by atoms with Crippen LogP contribution in [-0.4, -0.2) is 22.3 Å². The second-order valence-electron chi connectivity index (χ2n) is 6.74. The van der Waals surface area contributed by atoms with Crippen molar-refractivity contribution in [2.45, 2.75) is 54.2 Å². The average Bonchev–Trinajstić information content (AvgIpc) is 3.02. The molecule has 0 unspecified atom stereocenters. The highest BCUT2D eigenvalue weighted by atomic mass is 32.1. The van der Waals surface area contributed by atoms with E-state index in [1.807, 2.05) is 29.3 Å². The van der Waals surface area contributed by atoms with Gasteiger partial charge in [0.1, 0.15) is 17.4 Å². The minimum Gasteiger partial charge on any atom is -0.486 e. The average molecular weight is 361 g/mol. The Hall–Kier alpha value is -1.88. The fraction of sp³-hybridized carbons (Fsp3) is 0.500. The summed E-state index contributed by atoms with van der Waals surface area (Å²) in [6.45, 7) is 12.1. The van der Waals surface area contributed by atoms with Crippen molar-refractivity contribution in [1.29, 1.82) is 0 Å². The lowest BCUT2D eigenvalue weighted by Gasteiger charge is -2.23. The highest BCUT2D eigenvalue weighted by Crippen LogP contribution is 2.22. The molecule has 2 rings (SSSR count). The fourth-order valence-electron chi connectivity index (χ4n) is 2.62. The Kier molecular flexibility index (Phi) is 7.00. The molecule has 0 fully saturated rings. The SMILES string of the molecule is CCC(=O)N(Cc1csc(COc2cccc(C)c2C)n1)CC(C)C. The van der Waals surface area contributed by atoms with Crippen molar-refractivity contribution < 1.29 is 9.53 Å². The summed E-state index contributed by atoms with van der Waals surface area (Å²) >= 11 is 1.58. The molecule has 0 saturated carbocycles. The van der Waals surface area contributed by atoms with Gasteiger partial charge in [-0.05, 0) is 37.0 Å². The molecule has 136 valence electrons. The van der Waals surface area contributed by atoms with Gasteiger partial charge in [0.15, 0.2) is 0 Å². The predicted molar refractivity (Wildman–Crippen MR) is 103 cm³/mol. The van der Waals surface area contributed by atoms with E-state index in [9.17, 15) is 4.79 Å². The Labute approximate surface area is 154 Å². The van der Waals surface area contributed by atoms with Crippen LogP contribution < -0.4 is 4.74 Å². The van der Waals surface area contributed by atoms with E-state index in [1.165, 1.54) is 5.56 Å². The van der Waals surface area contributed by atoms with Crippen LogP contribution in [0, 0.1) is 19.8 Å². The maximum atomic E-state index is 12.1. The van der Waals surface area contributed by atoms with Gasteiger partial charge in [-0.25, -0.2) is 4.98 Å². The van der Waals surface area contributed by atoms with Crippen molar-refractivity contribution in [2.24, 2.45) is 5.92 Å². The number of hydrogen-bond acceptors (Lipinski definition) is 4. The molecule has 1 heterocycles. The number of carbonyl (C=O) groups excluding carboxylic acids is 1. The summed E-state index contributed by atoms with van der Waals surface area (Å²) in [6, 6.07) is 6.07. The van der Waals surface area contributed by atoms with Crippen LogP contribution in [0.1, 0.15) is 49.0 Å². The summed E-state index contributed by atoms with van der Waals surface area (Å²) in [5.74, 6) is 1.52. The molecule has 2 aromatic rings. The Bertz CT molecular complexity index is 709. The lowest BCUT2D eigenvalue weighted by Crippen LogP contribution is -2.33. The van der Waals surface area contributed by atoms with Crippen molar-refractivity contribution in [3.8, 4) is 5.75 Å². The van der Waals surface area contributed by atoms with Crippen molar-refractivity contribution in [1.82, 2.24) is 9.88 Å². The number of ether oxygens (including phenoxy) is 1. The van der Waals surface area contributed by atoms with Crippen LogP contribution in [0.3, 0.4) is 0 Å². The summed E-state index contributed by atoms with van der Waals surface area (Å²) in [6.07, 6.45) is 0.527. The zero-order valence-electron chi connectivity index (χ0n) is 15.8. The van der Waals surface area contributed by atoms with E-state index in [0.717, 1.165) is 28.6 Å². The lowest BCUT2D eigenvalue weighted by atomic mass is 10.1. The molecular weight excluding hydrogens is 332 g/mol. The first-order chi connectivity index (χ1) is 11.9. The second kappa shape index (κ2) is 8.99. The summed E-state index contributed by atoms with van der Waals surface area (Å²) in [7, 11) is 0. The van der Waals surface area contributed by atoms with Crippen LogP contribution in [0.5, 0.6) is 5.75 Å². The maximum Gasteiger partial charge on any atom is 0.222 e. The van der Waals surface area contributed by atoms with Crippen molar-refractivity contribution in [2.75, 3.05) is 6.54 Å². The van der Waals surface area contributed by atoms with E-state index in [2.05, 4.69) is 38.7 Å². The van der Waals surface area contributed by atoms with Gasteiger partial charge in [-0.3, -0.25) is 4.79 Å². The topological polar surface area (TPSA) is 42.4 Å². The number of amides is 1. The van der Waals surface area contributed by atoms with Crippen molar-refractivity contribution >= 4 is 17.2 Å². The first-order valence-electron chi connectivity index (χ1n) is 8.80. The number of rotatable bonds is 8. The Morgan fingerprint density at radius 2 is 2.08 bits per heavy atom. The van der Waals surface area contributed by atoms with Crippen molar-refractivity contribution in [3.05, 3.63) is 45.4 Å². The number of hydrogen-bond donors (Lipinski definition) is 0. The molecule has 0 N–H and O–H groups in total. The molecule has 0 aliphatic rings. The van der Waals surface area contributed by atoms with Crippen LogP contribution in [0.25, 0.3) is 0 Å². The zero-order chi connectivity index (χ0) is 18.4. The number of aromatic nitrogens is 1. The lowest BCUT2D eigenvalue weighted by molar-refractivity contribution is -0.132. The van der Waals surface area contributed by atoms with Crippen LogP contribution in [0.15, 0.2) is 23.6 Å².